The Labute approximate surface area is 171 Å². The minimum absolute atomic E-state index is 0.112. The number of hydrogen-bond acceptors (Lipinski definition) is 4. The fourth-order valence-corrected chi connectivity index (χ4v) is 2.96. The third-order valence-electron chi connectivity index (χ3n) is 3.81. The van der Waals surface area contributed by atoms with E-state index in [0.29, 0.717) is 34.6 Å². The molecule has 0 aromatic heterocycles. The Bertz CT molecular complexity index is 832. The van der Waals surface area contributed by atoms with Crippen LogP contribution in [0.4, 0.5) is 10.1 Å². The highest BCUT2D eigenvalue weighted by molar-refractivity contribution is 9.10. The zero-order valence-corrected chi connectivity index (χ0v) is 17.3. The fraction of sp³-hybridized carbons (Fsp3) is 0.300. The molecule has 6 nitrogen and oxygen atoms in total. The van der Waals surface area contributed by atoms with Gasteiger partial charge in [0.05, 0.1) is 23.8 Å². The van der Waals surface area contributed by atoms with Crippen molar-refractivity contribution in [3.63, 3.8) is 0 Å². The average molecular weight is 453 g/mol. The lowest BCUT2D eigenvalue weighted by Crippen LogP contribution is -2.41. The number of amides is 2. The Morgan fingerprint density at radius 1 is 1.18 bits per heavy atom. The van der Waals surface area contributed by atoms with Gasteiger partial charge in [-0.1, -0.05) is 19.1 Å². The molecule has 0 aliphatic carbocycles. The van der Waals surface area contributed by atoms with Crippen molar-refractivity contribution in [3.8, 4) is 11.5 Å². The predicted molar refractivity (Wildman–Crippen MR) is 108 cm³/mol. The van der Waals surface area contributed by atoms with Crippen molar-refractivity contribution in [2.75, 3.05) is 32.1 Å². The van der Waals surface area contributed by atoms with Crippen LogP contribution < -0.4 is 14.8 Å². The molecule has 28 heavy (non-hydrogen) atoms. The van der Waals surface area contributed by atoms with Crippen LogP contribution in [0.2, 0.25) is 0 Å². The second-order valence-electron chi connectivity index (χ2n) is 5.93. The van der Waals surface area contributed by atoms with Crippen LogP contribution in [0.3, 0.4) is 0 Å². The van der Waals surface area contributed by atoms with Gasteiger partial charge in [0.25, 0.3) is 5.91 Å². The highest BCUT2D eigenvalue weighted by Crippen LogP contribution is 2.25. The molecule has 0 spiro atoms. The van der Waals surface area contributed by atoms with Gasteiger partial charge < -0.3 is 19.7 Å². The van der Waals surface area contributed by atoms with Crippen LogP contribution in [0.15, 0.2) is 46.9 Å². The summed E-state index contributed by atoms with van der Waals surface area (Å²) in [5.41, 5.74) is 0.533. The molecule has 2 rings (SSSR count). The van der Waals surface area contributed by atoms with Gasteiger partial charge in [-0.05, 0) is 52.7 Å². The smallest absolute Gasteiger partial charge is 0.260 e. The molecule has 0 aliphatic rings. The summed E-state index contributed by atoms with van der Waals surface area (Å²) >= 11 is 3.19. The lowest BCUT2D eigenvalue weighted by Gasteiger charge is -2.22. The fourth-order valence-electron chi connectivity index (χ4n) is 2.50. The van der Waals surface area contributed by atoms with E-state index < -0.39 is 5.82 Å². The van der Waals surface area contributed by atoms with Gasteiger partial charge in [0.2, 0.25) is 5.91 Å². The quantitative estimate of drug-likeness (QED) is 0.627. The van der Waals surface area contributed by atoms with E-state index in [-0.39, 0.29) is 25.0 Å². The molecule has 2 amide bonds. The zero-order valence-electron chi connectivity index (χ0n) is 15.7. The first kappa shape index (κ1) is 21.7. The maximum atomic E-state index is 13.1. The van der Waals surface area contributed by atoms with Crippen LogP contribution in [0.5, 0.6) is 11.5 Å². The van der Waals surface area contributed by atoms with Gasteiger partial charge in [0.1, 0.15) is 17.3 Å². The van der Waals surface area contributed by atoms with Crippen LogP contribution in [0, 0.1) is 5.82 Å². The number of ether oxygens (including phenoxy) is 2. The largest absolute Gasteiger partial charge is 0.495 e. The third kappa shape index (κ3) is 6.23. The summed E-state index contributed by atoms with van der Waals surface area (Å²) in [5, 5.41) is 2.75. The van der Waals surface area contributed by atoms with Crippen LogP contribution in [0.1, 0.15) is 13.3 Å². The SMILES string of the molecule is CCCN(CC(=O)Nc1ccccc1OC)C(=O)COc1ccc(F)cc1Br. The molecule has 0 aliphatic heterocycles. The van der Waals surface area contributed by atoms with Crippen LogP contribution in [0.25, 0.3) is 0 Å². The summed E-state index contributed by atoms with van der Waals surface area (Å²) in [6.45, 7) is 1.95. The minimum Gasteiger partial charge on any atom is -0.495 e. The molecule has 2 aromatic carbocycles. The minimum atomic E-state index is -0.411. The van der Waals surface area contributed by atoms with Gasteiger partial charge in [-0.25, -0.2) is 4.39 Å². The summed E-state index contributed by atoms with van der Waals surface area (Å²) < 4.78 is 24.2. The molecule has 0 saturated carbocycles. The second-order valence-corrected chi connectivity index (χ2v) is 6.78. The van der Waals surface area contributed by atoms with E-state index in [9.17, 15) is 14.0 Å². The van der Waals surface area contributed by atoms with Crippen LogP contribution in [-0.4, -0.2) is 43.5 Å². The summed E-state index contributed by atoms with van der Waals surface area (Å²) in [6.07, 6.45) is 0.688. The summed E-state index contributed by atoms with van der Waals surface area (Å²) in [5.74, 6) is -0.202. The first-order chi connectivity index (χ1) is 13.4. The number of halogens is 2. The van der Waals surface area contributed by atoms with Gasteiger partial charge in [0, 0.05) is 6.54 Å². The highest BCUT2D eigenvalue weighted by atomic mass is 79.9. The number of benzene rings is 2. The number of methoxy groups -OCH3 is 1. The van der Waals surface area contributed by atoms with Gasteiger partial charge in [-0.3, -0.25) is 9.59 Å². The van der Waals surface area contributed by atoms with Crippen molar-refractivity contribution < 1.29 is 23.5 Å². The van der Waals surface area contributed by atoms with Gasteiger partial charge in [-0.2, -0.15) is 0 Å². The zero-order chi connectivity index (χ0) is 20.5. The number of rotatable bonds is 9. The Morgan fingerprint density at radius 2 is 1.93 bits per heavy atom. The van der Waals surface area contributed by atoms with Crippen LogP contribution >= 0.6 is 15.9 Å². The van der Waals surface area contributed by atoms with E-state index in [2.05, 4.69) is 21.2 Å². The lowest BCUT2D eigenvalue weighted by atomic mass is 10.3. The van der Waals surface area contributed by atoms with E-state index >= 15 is 0 Å². The number of nitrogens with one attached hydrogen (secondary N) is 1. The van der Waals surface area contributed by atoms with Gasteiger partial charge >= 0.3 is 0 Å². The molecule has 0 atom stereocenters. The third-order valence-corrected chi connectivity index (χ3v) is 4.43. The molecule has 150 valence electrons. The Hall–Kier alpha value is -2.61. The molecule has 0 heterocycles. The van der Waals surface area contributed by atoms with Crippen LogP contribution in [-0.2, 0) is 9.59 Å². The normalized spacial score (nSPS) is 10.3. The Morgan fingerprint density at radius 3 is 2.61 bits per heavy atom. The van der Waals surface area contributed by atoms with Crippen molar-refractivity contribution in [2.45, 2.75) is 13.3 Å². The van der Waals surface area contributed by atoms with E-state index in [1.165, 1.54) is 30.2 Å². The molecule has 0 unspecified atom stereocenters. The summed E-state index contributed by atoms with van der Waals surface area (Å²) in [4.78, 5) is 26.3. The molecule has 0 fully saturated rings. The number of anilines is 1. The van der Waals surface area contributed by atoms with Crippen molar-refractivity contribution in [1.29, 1.82) is 0 Å². The molecule has 8 heteroatoms. The monoisotopic (exact) mass is 452 g/mol. The predicted octanol–water partition coefficient (Wildman–Crippen LogP) is 3.85. The molecule has 0 bridgehead atoms. The first-order valence-electron chi connectivity index (χ1n) is 8.73. The number of carbonyl (C=O) groups excluding carboxylic acids is 2. The van der Waals surface area contributed by atoms with E-state index in [4.69, 9.17) is 9.47 Å². The maximum Gasteiger partial charge on any atom is 0.260 e. The number of hydrogen-bond donors (Lipinski definition) is 1. The molecule has 2 aromatic rings. The second kappa shape index (κ2) is 10.7. The summed E-state index contributed by atoms with van der Waals surface area (Å²) in [6, 6.07) is 11.0. The molecule has 0 saturated heterocycles. The van der Waals surface area contributed by atoms with E-state index in [1.807, 2.05) is 6.92 Å². The van der Waals surface area contributed by atoms with E-state index in [1.54, 1.807) is 24.3 Å². The molecular weight excluding hydrogens is 431 g/mol. The van der Waals surface area contributed by atoms with Gasteiger partial charge in [-0.15, -0.1) is 0 Å². The lowest BCUT2D eigenvalue weighted by molar-refractivity contribution is -0.136. The van der Waals surface area contributed by atoms with Crippen molar-refractivity contribution in [2.24, 2.45) is 0 Å². The van der Waals surface area contributed by atoms with Crippen molar-refractivity contribution in [1.82, 2.24) is 4.90 Å². The Kier molecular flexibility index (Phi) is 8.25. The molecule has 1 N–H and O–H groups in total. The van der Waals surface area contributed by atoms with E-state index in [0.717, 1.165) is 0 Å². The highest BCUT2D eigenvalue weighted by Gasteiger charge is 2.18. The Balaban J connectivity index is 1.97. The average Bonchev–Trinajstić information content (AvgIpc) is 2.67. The van der Waals surface area contributed by atoms with Crippen molar-refractivity contribution in [3.05, 3.63) is 52.8 Å². The van der Waals surface area contributed by atoms with Crippen molar-refractivity contribution >= 4 is 33.4 Å². The number of nitrogens with zero attached hydrogens (tertiary/aromatic N) is 1. The summed E-state index contributed by atoms with van der Waals surface area (Å²) in [7, 11) is 1.52. The number of para-hydroxylation sites is 2. The number of carbonyl (C=O) groups is 2. The first-order valence-corrected chi connectivity index (χ1v) is 9.52. The molecular formula is C20H22BrFN2O4. The topological polar surface area (TPSA) is 67.9 Å². The molecule has 0 radical (unpaired) electrons. The maximum absolute atomic E-state index is 13.1. The standard InChI is InChI=1S/C20H22BrFN2O4/c1-3-10-24(12-19(25)23-16-6-4-5-7-18(16)27-2)20(26)13-28-17-9-8-14(22)11-15(17)21/h4-9,11H,3,10,12-13H2,1-2H3,(H,23,25). The van der Waals surface area contributed by atoms with Gasteiger partial charge in [0.15, 0.2) is 6.61 Å².